The molecule has 5 nitrogen and oxygen atoms in total. The molecular weight excluding hydrogens is 404 g/mol. The first-order valence-electron chi connectivity index (χ1n) is 9.93. The van der Waals surface area contributed by atoms with Crippen molar-refractivity contribution in [2.45, 2.75) is 39.2 Å². The number of nitrogens with one attached hydrogen (secondary N) is 1. The van der Waals surface area contributed by atoms with Gasteiger partial charge in [0.15, 0.2) is 6.61 Å². The van der Waals surface area contributed by atoms with Crippen molar-refractivity contribution in [3.63, 3.8) is 0 Å². The first-order valence-corrected chi connectivity index (χ1v) is 11.6. The van der Waals surface area contributed by atoms with Crippen LogP contribution in [-0.2, 0) is 9.53 Å². The van der Waals surface area contributed by atoms with Crippen LogP contribution in [0, 0.1) is 11.8 Å². The highest BCUT2D eigenvalue weighted by Crippen LogP contribution is 2.34. The van der Waals surface area contributed by atoms with Gasteiger partial charge >= 0.3 is 5.97 Å². The van der Waals surface area contributed by atoms with Crippen molar-refractivity contribution in [2.75, 3.05) is 6.61 Å². The predicted octanol–water partition coefficient (Wildman–Crippen LogP) is 5.12. The zero-order valence-corrected chi connectivity index (χ0v) is 18.1. The summed E-state index contributed by atoms with van der Waals surface area (Å²) in [7, 11) is 0. The average molecular weight is 429 g/mol. The van der Waals surface area contributed by atoms with E-state index in [0.717, 1.165) is 32.9 Å². The third-order valence-electron chi connectivity index (χ3n) is 5.70. The Morgan fingerprint density at radius 1 is 1.14 bits per heavy atom. The molecule has 3 atom stereocenters. The summed E-state index contributed by atoms with van der Waals surface area (Å²) in [5.41, 5.74) is 0.952. The Morgan fingerprint density at radius 3 is 2.79 bits per heavy atom. The van der Waals surface area contributed by atoms with Crippen molar-refractivity contribution in [3.05, 3.63) is 41.3 Å². The summed E-state index contributed by atoms with van der Waals surface area (Å²) in [6.45, 7) is 4.16. The fourth-order valence-corrected chi connectivity index (χ4v) is 5.70. The van der Waals surface area contributed by atoms with E-state index in [-0.39, 0.29) is 18.6 Å². The Labute approximate surface area is 178 Å². The molecule has 3 aromatic rings. The number of hydrogen-bond donors (Lipinski definition) is 1. The molecule has 1 N–H and O–H groups in total. The Kier molecular flexibility index (Phi) is 5.96. The van der Waals surface area contributed by atoms with Gasteiger partial charge in [0.25, 0.3) is 5.91 Å². The van der Waals surface area contributed by atoms with Crippen LogP contribution in [0.25, 0.3) is 20.1 Å². The van der Waals surface area contributed by atoms with Crippen molar-refractivity contribution in [1.29, 1.82) is 0 Å². The van der Waals surface area contributed by atoms with Gasteiger partial charge in [-0.05, 0) is 42.5 Å². The summed E-state index contributed by atoms with van der Waals surface area (Å²) in [6.07, 6.45) is 3.32. The number of carbonyl (C=O) groups excluding carboxylic acids is 2. The van der Waals surface area contributed by atoms with Gasteiger partial charge in [0.05, 0.1) is 15.1 Å². The molecular formula is C22H24N2O3S2. The zero-order chi connectivity index (χ0) is 20.4. The maximum absolute atomic E-state index is 12.4. The van der Waals surface area contributed by atoms with Crippen LogP contribution in [0.3, 0.4) is 0 Å². The van der Waals surface area contributed by atoms with E-state index in [4.69, 9.17) is 4.74 Å². The first-order chi connectivity index (χ1) is 14.0. The van der Waals surface area contributed by atoms with Crippen LogP contribution in [0.5, 0.6) is 0 Å². The maximum Gasteiger partial charge on any atom is 0.348 e. The molecule has 2 heterocycles. The highest BCUT2D eigenvalue weighted by atomic mass is 32.1. The van der Waals surface area contributed by atoms with Gasteiger partial charge in [-0.3, -0.25) is 4.79 Å². The van der Waals surface area contributed by atoms with E-state index in [1.165, 1.54) is 17.8 Å². The summed E-state index contributed by atoms with van der Waals surface area (Å²) >= 11 is 2.94. The summed E-state index contributed by atoms with van der Waals surface area (Å²) in [5, 5.41) is 3.91. The number of thiophene rings is 1. The Balaban J connectivity index is 1.34. The molecule has 7 heteroatoms. The van der Waals surface area contributed by atoms with E-state index in [1.54, 1.807) is 17.4 Å². The molecule has 2 aromatic heterocycles. The monoisotopic (exact) mass is 428 g/mol. The van der Waals surface area contributed by atoms with E-state index >= 15 is 0 Å². The lowest BCUT2D eigenvalue weighted by molar-refractivity contribution is -0.125. The molecule has 0 saturated heterocycles. The number of nitrogens with zero attached hydrogens (tertiary/aromatic N) is 1. The van der Waals surface area contributed by atoms with Crippen LogP contribution in [0.15, 0.2) is 36.4 Å². The number of para-hydroxylation sites is 1. The lowest BCUT2D eigenvalue weighted by Crippen LogP contribution is -2.45. The van der Waals surface area contributed by atoms with Crippen molar-refractivity contribution in [1.82, 2.24) is 10.3 Å². The summed E-state index contributed by atoms with van der Waals surface area (Å²) in [4.78, 5) is 30.6. The minimum atomic E-state index is -0.470. The van der Waals surface area contributed by atoms with Crippen molar-refractivity contribution < 1.29 is 14.3 Å². The number of rotatable bonds is 5. The number of thiazole rings is 1. The third kappa shape index (κ3) is 4.51. The normalized spacial score (nSPS) is 21.8. The standard InChI is InChI=1S/C22H24N2O3S2/c1-13-6-5-8-15(14(13)2)23-20(25)12-27-22(26)19-11-10-18(28-19)21-24-16-7-3-4-9-17(16)29-21/h3-4,7,9-11,13-15H,5-6,8,12H2,1-2H3,(H,23,25)/t13-,14+,15+/m1/s1. The van der Waals surface area contributed by atoms with Crippen molar-refractivity contribution in [2.24, 2.45) is 11.8 Å². The minimum Gasteiger partial charge on any atom is -0.451 e. The molecule has 29 heavy (non-hydrogen) atoms. The van der Waals surface area contributed by atoms with Crippen LogP contribution in [-0.4, -0.2) is 29.5 Å². The molecule has 1 aliphatic rings. The minimum absolute atomic E-state index is 0.164. The fraction of sp³-hybridized carbons (Fsp3) is 0.409. The van der Waals surface area contributed by atoms with E-state index in [2.05, 4.69) is 24.1 Å². The molecule has 0 unspecified atom stereocenters. The third-order valence-corrected chi connectivity index (χ3v) is 7.97. The van der Waals surface area contributed by atoms with Gasteiger partial charge in [-0.15, -0.1) is 22.7 Å². The van der Waals surface area contributed by atoms with Gasteiger partial charge in [0, 0.05) is 6.04 Å². The second-order valence-corrected chi connectivity index (χ2v) is 9.78. The number of aromatic nitrogens is 1. The first kappa shape index (κ1) is 20.0. The largest absolute Gasteiger partial charge is 0.451 e. The SMILES string of the molecule is C[C@H]1[C@H](C)CCC[C@@H]1NC(=O)COC(=O)c1ccc(-c2nc3ccccc3s2)s1. The highest BCUT2D eigenvalue weighted by molar-refractivity contribution is 7.26. The van der Waals surface area contributed by atoms with Gasteiger partial charge in [-0.1, -0.05) is 38.8 Å². The number of benzene rings is 1. The van der Waals surface area contributed by atoms with Crippen LogP contribution in [0.2, 0.25) is 0 Å². The van der Waals surface area contributed by atoms with E-state index in [0.29, 0.717) is 16.7 Å². The van der Waals surface area contributed by atoms with Crippen LogP contribution in [0.4, 0.5) is 0 Å². The van der Waals surface area contributed by atoms with Gasteiger partial charge in [-0.2, -0.15) is 0 Å². The molecule has 0 radical (unpaired) electrons. The molecule has 1 aromatic carbocycles. The Morgan fingerprint density at radius 2 is 1.97 bits per heavy atom. The Bertz CT molecular complexity index is 993. The van der Waals surface area contributed by atoms with Crippen LogP contribution >= 0.6 is 22.7 Å². The van der Waals surface area contributed by atoms with Gasteiger partial charge < -0.3 is 10.1 Å². The molecule has 1 amide bonds. The number of ether oxygens (including phenoxy) is 1. The number of carbonyl (C=O) groups is 2. The molecule has 1 fully saturated rings. The maximum atomic E-state index is 12.4. The van der Waals surface area contributed by atoms with Gasteiger partial charge in [-0.25, -0.2) is 9.78 Å². The quantitative estimate of drug-likeness (QED) is 0.573. The second-order valence-electron chi connectivity index (χ2n) is 7.67. The summed E-state index contributed by atoms with van der Waals surface area (Å²) in [6, 6.07) is 11.7. The number of fused-ring (bicyclic) bond motifs is 1. The summed E-state index contributed by atoms with van der Waals surface area (Å²) in [5.74, 6) is 0.343. The smallest absolute Gasteiger partial charge is 0.348 e. The molecule has 1 saturated carbocycles. The van der Waals surface area contributed by atoms with Crippen LogP contribution in [0.1, 0.15) is 42.8 Å². The van der Waals surface area contributed by atoms with Gasteiger partial charge in [0.1, 0.15) is 9.88 Å². The van der Waals surface area contributed by atoms with E-state index in [9.17, 15) is 9.59 Å². The lowest BCUT2D eigenvalue weighted by atomic mass is 9.78. The number of esters is 1. The van der Waals surface area contributed by atoms with Gasteiger partial charge in [0.2, 0.25) is 0 Å². The van der Waals surface area contributed by atoms with Crippen molar-refractivity contribution in [3.8, 4) is 9.88 Å². The lowest BCUT2D eigenvalue weighted by Gasteiger charge is -2.34. The predicted molar refractivity (Wildman–Crippen MR) is 117 cm³/mol. The molecule has 0 bridgehead atoms. The van der Waals surface area contributed by atoms with Crippen molar-refractivity contribution >= 4 is 44.8 Å². The molecule has 1 aliphatic carbocycles. The highest BCUT2D eigenvalue weighted by Gasteiger charge is 2.28. The Hall–Kier alpha value is -2.25. The average Bonchev–Trinajstić information content (AvgIpc) is 3.36. The summed E-state index contributed by atoms with van der Waals surface area (Å²) < 4.78 is 6.36. The number of amides is 1. The molecule has 4 rings (SSSR count). The van der Waals surface area contributed by atoms with E-state index in [1.807, 2.05) is 30.3 Å². The fourth-order valence-electron chi connectivity index (χ4n) is 3.78. The van der Waals surface area contributed by atoms with E-state index < -0.39 is 5.97 Å². The molecule has 0 spiro atoms. The zero-order valence-electron chi connectivity index (χ0n) is 16.5. The van der Waals surface area contributed by atoms with Crippen LogP contribution < -0.4 is 5.32 Å². The molecule has 0 aliphatic heterocycles. The second kappa shape index (κ2) is 8.63. The number of hydrogen-bond acceptors (Lipinski definition) is 6. The topological polar surface area (TPSA) is 68.3 Å². The molecule has 152 valence electrons.